The molecular weight excluding hydrogens is 344 g/mol. The molecule has 1 saturated heterocycles. The van der Waals surface area contributed by atoms with Gasteiger partial charge >= 0.3 is 0 Å². The maximum absolute atomic E-state index is 12.4. The number of rotatable bonds is 7. The van der Waals surface area contributed by atoms with Crippen molar-refractivity contribution in [2.45, 2.75) is 6.92 Å². The number of benzene rings is 2. The summed E-state index contributed by atoms with van der Waals surface area (Å²) in [7, 11) is 0. The number of carbonyl (C=O) groups is 2. The second kappa shape index (κ2) is 9.07. The Morgan fingerprint density at radius 2 is 1.70 bits per heavy atom. The number of amides is 1. The first-order valence-electron chi connectivity index (χ1n) is 9.14. The maximum atomic E-state index is 12.4. The monoisotopic (exact) mass is 368 g/mol. The Kier molecular flexibility index (Phi) is 6.30. The highest BCUT2D eigenvalue weighted by molar-refractivity contribution is 5.78. The number of anilines is 1. The predicted octanol–water partition coefficient (Wildman–Crippen LogP) is 2.63. The Balaban J connectivity index is 1.51. The van der Waals surface area contributed by atoms with Crippen LogP contribution in [0.2, 0.25) is 0 Å². The van der Waals surface area contributed by atoms with Gasteiger partial charge in [-0.1, -0.05) is 12.1 Å². The van der Waals surface area contributed by atoms with E-state index in [1.54, 1.807) is 24.3 Å². The van der Waals surface area contributed by atoms with Crippen LogP contribution >= 0.6 is 0 Å². The highest BCUT2D eigenvalue weighted by Gasteiger charge is 2.23. The summed E-state index contributed by atoms with van der Waals surface area (Å²) in [6.45, 7) is 5.39. The molecule has 1 aliphatic rings. The minimum absolute atomic E-state index is 0.00400. The number of hydrogen-bond donors (Lipinski definition) is 0. The van der Waals surface area contributed by atoms with Crippen LogP contribution in [0.3, 0.4) is 0 Å². The molecule has 0 radical (unpaired) electrons. The van der Waals surface area contributed by atoms with Crippen molar-refractivity contribution in [2.24, 2.45) is 0 Å². The van der Waals surface area contributed by atoms with Crippen molar-refractivity contribution in [3.63, 3.8) is 0 Å². The molecule has 0 spiro atoms. The first kappa shape index (κ1) is 18.8. The third-order valence-electron chi connectivity index (χ3n) is 4.52. The normalized spacial score (nSPS) is 14.0. The highest BCUT2D eigenvalue weighted by atomic mass is 16.5. The van der Waals surface area contributed by atoms with Gasteiger partial charge in [0.15, 0.2) is 6.61 Å². The van der Waals surface area contributed by atoms with Crippen LogP contribution in [0.4, 0.5) is 5.69 Å². The summed E-state index contributed by atoms with van der Waals surface area (Å²) in [6.07, 6.45) is 0.776. The van der Waals surface area contributed by atoms with Crippen LogP contribution in [-0.4, -0.2) is 56.5 Å². The van der Waals surface area contributed by atoms with Gasteiger partial charge in [-0.3, -0.25) is 9.59 Å². The van der Waals surface area contributed by atoms with E-state index in [4.69, 9.17) is 9.47 Å². The third-order valence-corrected chi connectivity index (χ3v) is 4.52. The SMILES string of the molecule is CCOc1ccccc1N1CCN(C(=O)COc2ccc(C=O)cc2)CC1. The molecule has 0 N–H and O–H groups in total. The summed E-state index contributed by atoms with van der Waals surface area (Å²) in [6, 6.07) is 14.7. The molecule has 2 aromatic carbocycles. The van der Waals surface area contributed by atoms with Gasteiger partial charge < -0.3 is 19.3 Å². The molecule has 1 aliphatic heterocycles. The van der Waals surface area contributed by atoms with Crippen molar-refractivity contribution in [1.82, 2.24) is 4.90 Å². The molecule has 6 nitrogen and oxygen atoms in total. The van der Waals surface area contributed by atoms with Crippen molar-refractivity contribution in [1.29, 1.82) is 0 Å². The van der Waals surface area contributed by atoms with E-state index < -0.39 is 0 Å². The lowest BCUT2D eigenvalue weighted by atomic mass is 10.2. The average molecular weight is 368 g/mol. The van der Waals surface area contributed by atoms with Crippen LogP contribution in [0.25, 0.3) is 0 Å². The summed E-state index contributed by atoms with van der Waals surface area (Å²) in [5.41, 5.74) is 1.65. The van der Waals surface area contributed by atoms with Gasteiger partial charge in [0.1, 0.15) is 17.8 Å². The van der Waals surface area contributed by atoms with E-state index in [9.17, 15) is 9.59 Å². The van der Waals surface area contributed by atoms with E-state index in [0.29, 0.717) is 31.0 Å². The molecule has 2 aromatic rings. The van der Waals surface area contributed by atoms with Crippen molar-refractivity contribution >= 4 is 17.9 Å². The molecule has 0 aliphatic carbocycles. The van der Waals surface area contributed by atoms with E-state index in [1.165, 1.54) is 0 Å². The first-order chi connectivity index (χ1) is 13.2. The van der Waals surface area contributed by atoms with Gasteiger partial charge in [-0.25, -0.2) is 0 Å². The second-order valence-corrected chi connectivity index (χ2v) is 6.24. The molecule has 1 heterocycles. The molecular formula is C21H24N2O4. The van der Waals surface area contributed by atoms with Gasteiger partial charge in [-0.15, -0.1) is 0 Å². The van der Waals surface area contributed by atoms with Crippen LogP contribution in [0.5, 0.6) is 11.5 Å². The van der Waals surface area contributed by atoms with Crippen LogP contribution < -0.4 is 14.4 Å². The van der Waals surface area contributed by atoms with Gasteiger partial charge in [-0.05, 0) is 43.3 Å². The lowest BCUT2D eigenvalue weighted by Gasteiger charge is -2.36. The zero-order valence-electron chi connectivity index (χ0n) is 15.5. The largest absolute Gasteiger partial charge is 0.492 e. The number of ether oxygens (including phenoxy) is 2. The van der Waals surface area contributed by atoms with E-state index in [-0.39, 0.29) is 12.5 Å². The molecule has 27 heavy (non-hydrogen) atoms. The second-order valence-electron chi connectivity index (χ2n) is 6.24. The number of para-hydroxylation sites is 2. The first-order valence-corrected chi connectivity index (χ1v) is 9.14. The minimum Gasteiger partial charge on any atom is -0.492 e. The van der Waals surface area contributed by atoms with Crippen LogP contribution in [0.1, 0.15) is 17.3 Å². The van der Waals surface area contributed by atoms with Gasteiger partial charge in [0, 0.05) is 31.7 Å². The Labute approximate surface area is 159 Å². The molecule has 3 rings (SSSR count). The highest BCUT2D eigenvalue weighted by Crippen LogP contribution is 2.28. The summed E-state index contributed by atoms with van der Waals surface area (Å²) in [5.74, 6) is 1.42. The van der Waals surface area contributed by atoms with E-state index in [0.717, 1.165) is 30.8 Å². The maximum Gasteiger partial charge on any atom is 0.260 e. The third kappa shape index (κ3) is 4.78. The minimum atomic E-state index is -0.0350. The molecule has 142 valence electrons. The molecule has 6 heteroatoms. The standard InChI is InChI=1S/C21H24N2O4/c1-2-26-20-6-4-3-5-19(20)22-11-13-23(14-12-22)21(25)16-27-18-9-7-17(15-24)8-10-18/h3-10,15H,2,11-14,16H2,1H3. The van der Waals surface area contributed by atoms with Crippen molar-refractivity contribution < 1.29 is 19.1 Å². The number of hydrogen-bond acceptors (Lipinski definition) is 5. The van der Waals surface area contributed by atoms with Gasteiger partial charge in [0.05, 0.1) is 12.3 Å². The van der Waals surface area contributed by atoms with Crippen LogP contribution in [-0.2, 0) is 4.79 Å². The van der Waals surface area contributed by atoms with Crippen molar-refractivity contribution in [3.05, 3.63) is 54.1 Å². The summed E-state index contributed by atoms with van der Waals surface area (Å²) < 4.78 is 11.2. The van der Waals surface area contributed by atoms with Gasteiger partial charge in [0.2, 0.25) is 0 Å². The van der Waals surface area contributed by atoms with E-state index in [1.807, 2.05) is 30.0 Å². The van der Waals surface area contributed by atoms with E-state index >= 15 is 0 Å². The van der Waals surface area contributed by atoms with Gasteiger partial charge in [-0.2, -0.15) is 0 Å². The Bertz CT molecular complexity index is 768. The summed E-state index contributed by atoms with van der Waals surface area (Å²) in [4.78, 5) is 27.1. The fourth-order valence-electron chi connectivity index (χ4n) is 3.07. The lowest BCUT2D eigenvalue weighted by molar-refractivity contribution is -0.133. The van der Waals surface area contributed by atoms with Crippen LogP contribution in [0, 0.1) is 0 Å². The van der Waals surface area contributed by atoms with E-state index in [2.05, 4.69) is 11.0 Å². The molecule has 0 bridgehead atoms. The lowest BCUT2D eigenvalue weighted by Crippen LogP contribution is -2.50. The summed E-state index contributed by atoms with van der Waals surface area (Å²) in [5, 5.41) is 0. The van der Waals surface area contributed by atoms with Crippen molar-refractivity contribution in [3.8, 4) is 11.5 Å². The Hall–Kier alpha value is -3.02. The topological polar surface area (TPSA) is 59.1 Å². The van der Waals surface area contributed by atoms with Crippen molar-refractivity contribution in [2.75, 3.05) is 44.3 Å². The number of aldehydes is 1. The average Bonchev–Trinajstić information content (AvgIpc) is 2.73. The summed E-state index contributed by atoms with van der Waals surface area (Å²) >= 11 is 0. The zero-order chi connectivity index (χ0) is 19.1. The fourth-order valence-corrected chi connectivity index (χ4v) is 3.07. The molecule has 0 saturated carbocycles. The predicted molar refractivity (Wildman–Crippen MR) is 104 cm³/mol. The molecule has 1 amide bonds. The number of piperazine rings is 1. The molecule has 1 fully saturated rings. The molecule has 0 unspecified atom stereocenters. The van der Waals surface area contributed by atoms with Crippen LogP contribution in [0.15, 0.2) is 48.5 Å². The Morgan fingerprint density at radius 3 is 2.37 bits per heavy atom. The smallest absolute Gasteiger partial charge is 0.260 e. The number of nitrogens with zero attached hydrogens (tertiary/aromatic N) is 2. The molecule has 0 atom stereocenters. The van der Waals surface area contributed by atoms with Gasteiger partial charge in [0.25, 0.3) is 5.91 Å². The fraction of sp³-hybridized carbons (Fsp3) is 0.333. The quantitative estimate of drug-likeness (QED) is 0.703. The molecule has 0 aromatic heterocycles. The zero-order valence-corrected chi connectivity index (χ0v) is 15.5. The number of carbonyl (C=O) groups excluding carboxylic acids is 2. The Morgan fingerprint density at radius 1 is 1.00 bits per heavy atom.